The highest BCUT2D eigenvalue weighted by Gasteiger charge is 2.31. The number of amides is 1. The number of methoxy groups -OCH3 is 2. The molecule has 1 aromatic carbocycles. The number of hydrogen-bond donors (Lipinski definition) is 1. The number of halogens is 1. The molecule has 3 aromatic rings. The van der Waals surface area contributed by atoms with Crippen molar-refractivity contribution in [3.05, 3.63) is 61.4 Å². The number of carbonyl (C=O) groups is 1. The van der Waals surface area contributed by atoms with Crippen LogP contribution in [-0.4, -0.2) is 38.1 Å². The first-order valence-electron chi connectivity index (χ1n) is 9.15. The van der Waals surface area contributed by atoms with Gasteiger partial charge in [0.05, 0.1) is 37.5 Å². The summed E-state index contributed by atoms with van der Waals surface area (Å²) in [5, 5.41) is 7.58. The van der Waals surface area contributed by atoms with Crippen LogP contribution in [0.1, 0.15) is 21.4 Å². The third kappa shape index (κ3) is 4.14. The Bertz CT molecular complexity index is 1000. The molecule has 8 heteroatoms. The number of anilines is 1. The van der Waals surface area contributed by atoms with Crippen molar-refractivity contribution in [2.75, 3.05) is 32.6 Å². The Labute approximate surface area is 182 Å². The molecular formula is C21H21ClN2O3S2. The van der Waals surface area contributed by atoms with Crippen molar-refractivity contribution in [1.82, 2.24) is 4.90 Å². The molecule has 2 aromatic heterocycles. The zero-order chi connectivity index (χ0) is 20.4. The number of thiophene rings is 2. The third-order valence-corrected chi connectivity index (χ3v) is 7.19. The number of fused-ring (bicyclic) bond motifs is 1. The number of hydrogen-bond acceptors (Lipinski definition) is 6. The van der Waals surface area contributed by atoms with E-state index in [2.05, 4.69) is 39.2 Å². The van der Waals surface area contributed by atoms with E-state index in [1.165, 1.54) is 15.3 Å². The van der Waals surface area contributed by atoms with Crippen LogP contribution in [0.4, 0.5) is 5.69 Å². The van der Waals surface area contributed by atoms with E-state index in [1.807, 2.05) is 0 Å². The van der Waals surface area contributed by atoms with E-state index >= 15 is 0 Å². The molecule has 1 N–H and O–H groups in total. The van der Waals surface area contributed by atoms with Crippen molar-refractivity contribution in [1.29, 1.82) is 0 Å². The van der Waals surface area contributed by atoms with Crippen molar-refractivity contribution in [2.24, 2.45) is 0 Å². The van der Waals surface area contributed by atoms with Crippen molar-refractivity contribution in [2.45, 2.75) is 12.5 Å². The summed E-state index contributed by atoms with van der Waals surface area (Å²) in [6.45, 7) is 1.12. The summed E-state index contributed by atoms with van der Waals surface area (Å²) in [5.74, 6) is 0.901. The molecular weight excluding hydrogens is 428 g/mol. The highest BCUT2D eigenvalue weighted by Crippen LogP contribution is 2.40. The summed E-state index contributed by atoms with van der Waals surface area (Å²) < 4.78 is 10.6. The summed E-state index contributed by atoms with van der Waals surface area (Å²) in [4.78, 5) is 17.8. The first kappa shape index (κ1) is 20.2. The quantitative estimate of drug-likeness (QED) is 0.572. The van der Waals surface area contributed by atoms with Crippen LogP contribution in [0.3, 0.4) is 0 Å². The second-order valence-corrected chi connectivity index (χ2v) is 9.06. The molecule has 152 valence electrons. The summed E-state index contributed by atoms with van der Waals surface area (Å²) >= 11 is 9.75. The van der Waals surface area contributed by atoms with Gasteiger partial charge in [-0.3, -0.25) is 9.69 Å². The van der Waals surface area contributed by atoms with E-state index in [0.717, 1.165) is 13.0 Å². The minimum atomic E-state index is -0.107. The molecule has 4 rings (SSSR count). The van der Waals surface area contributed by atoms with Gasteiger partial charge in [-0.15, -0.1) is 22.7 Å². The van der Waals surface area contributed by atoms with E-state index in [4.69, 9.17) is 21.1 Å². The Morgan fingerprint density at radius 2 is 2.03 bits per heavy atom. The molecule has 5 nitrogen and oxygen atoms in total. The molecule has 1 aliphatic heterocycles. The van der Waals surface area contributed by atoms with E-state index in [-0.39, 0.29) is 18.5 Å². The smallest absolute Gasteiger partial charge is 0.238 e. The Morgan fingerprint density at radius 1 is 1.21 bits per heavy atom. The van der Waals surface area contributed by atoms with Gasteiger partial charge >= 0.3 is 0 Å². The van der Waals surface area contributed by atoms with Crippen LogP contribution in [0.2, 0.25) is 5.02 Å². The Hall–Kier alpha value is -2.06. The third-order valence-electron chi connectivity index (χ3n) is 4.97. The molecule has 0 saturated heterocycles. The van der Waals surface area contributed by atoms with Gasteiger partial charge in [0, 0.05) is 22.4 Å². The average molecular weight is 449 g/mol. The van der Waals surface area contributed by atoms with Crippen LogP contribution in [0.5, 0.6) is 11.5 Å². The fourth-order valence-corrected chi connectivity index (χ4v) is 5.67. The Balaban J connectivity index is 1.55. The molecule has 1 atom stereocenters. The molecule has 0 unspecified atom stereocenters. The van der Waals surface area contributed by atoms with E-state index in [0.29, 0.717) is 22.2 Å². The van der Waals surface area contributed by atoms with Crippen LogP contribution in [0.15, 0.2) is 41.1 Å². The lowest BCUT2D eigenvalue weighted by molar-refractivity contribution is -0.117. The molecule has 0 saturated carbocycles. The number of benzene rings is 1. The molecule has 1 aliphatic rings. The monoisotopic (exact) mass is 448 g/mol. The van der Waals surface area contributed by atoms with E-state index < -0.39 is 0 Å². The largest absolute Gasteiger partial charge is 0.495 e. The summed E-state index contributed by atoms with van der Waals surface area (Å²) in [6, 6.07) is 9.81. The van der Waals surface area contributed by atoms with E-state index in [9.17, 15) is 4.79 Å². The second-order valence-electron chi connectivity index (χ2n) is 6.67. The number of nitrogens with zero attached hydrogens (tertiary/aromatic N) is 1. The maximum atomic E-state index is 12.9. The lowest BCUT2D eigenvalue weighted by atomic mass is 9.98. The summed E-state index contributed by atoms with van der Waals surface area (Å²) in [5.41, 5.74) is 1.84. The van der Waals surface area contributed by atoms with Crippen LogP contribution >= 0.6 is 34.3 Å². The standard InChI is InChI=1S/C21H21ClN2O3S2/c1-26-16-11-17(27-2)15(10-14(16)22)23-20(25)12-24-7-5-18-13(6-9-29-18)21(24)19-4-3-8-28-19/h3-4,6,8-11,21H,5,7,12H2,1-2H3,(H,23,25)/t21-/m0/s1. The predicted molar refractivity (Wildman–Crippen MR) is 119 cm³/mol. The topological polar surface area (TPSA) is 50.8 Å². The summed E-state index contributed by atoms with van der Waals surface area (Å²) in [6.07, 6.45) is 0.958. The highest BCUT2D eigenvalue weighted by molar-refractivity contribution is 7.10. The first-order valence-corrected chi connectivity index (χ1v) is 11.3. The fraction of sp³-hybridized carbons (Fsp3) is 0.286. The minimum absolute atomic E-state index is 0.107. The SMILES string of the molecule is COc1cc(OC)c(NC(=O)CN2CCc3sccc3[C@H]2c2cccs2)cc1Cl. The Morgan fingerprint density at radius 3 is 2.76 bits per heavy atom. The van der Waals surface area contributed by atoms with Crippen LogP contribution < -0.4 is 14.8 Å². The fourth-order valence-electron chi connectivity index (χ4n) is 3.65. The minimum Gasteiger partial charge on any atom is -0.495 e. The van der Waals surface area contributed by atoms with Gasteiger partial charge in [-0.1, -0.05) is 17.7 Å². The Kier molecular flexibility index (Phi) is 6.10. The maximum Gasteiger partial charge on any atom is 0.238 e. The van der Waals surface area contributed by atoms with Crippen LogP contribution in [0.25, 0.3) is 0 Å². The molecule has 0 aliphatic carbocycles. The van der Waals surface area contributed by atoms with Gasteiger partial charge < -0.3 is 14.8 Å². The van der Waals surface area contributed by atoms with E-state index in [1.54, 1.807) is 49.0 Å². The molecule has 0 spiro atoms. The van der Waals surface area contributed by atoms with Gasteiger partial charge in [0.1, 0.15) is 11.5 Å². The molecule has 29 heavy (non-hydrogen) atoms. The number of nitrogens with one attached hydrogen (secondary N) is 1. The lowest BCUT2D eigenvalue weighted by Gasteiger charge is -2.34. The predicted octanol–water partition coefficient (Wildman–Crippen LogP) is 5.07. The summed E-state index contributed by atoms with van der Waals surface area (Å²) in [7, 11) is 3.09. The zero-order valence-corrected chi connectivity index (χ0v) is 18.5. The second kappa shape index (κ2) is 8.75. The van der Waals surface area contributed by atoms with Crippen molar-refractivity contribution >= 4 is 45.9 Å². The highest BCUT2D eigenvalue weighted by atomic mass is 35.5. The number of ether oxygens (including phenoxy) is 2. The number of carbonyl (C=O) groups excluding carboxylic acids is 1. The van der Waals surface area contributed by atoms with Gasteiger partial charge in [0.15, 0.2) is 0 Å². The lowest BCUT2D eigenvalue weighted by Crippen LogP contribution is -2.40. The molecule has 3 heterocycles. The molecule has 1 amide bonds. The maximum absolute atomic E-state index is 12.9. The van der Waals surface area contributed by atoms with Gasteiger partial charge in [0.25, 0.3) is 0 Å². The van der Waals surface area contributed by atoms with Gasteiger partial charge in [-0.05, 0) is 40.9 Å². The van der Waals surface area contributed by atoms with Crippen molar-refractivity contribution in [3.8, 4) is 11.5 Å². The zero-order valence-electron chi connectivity index (χ0n) is 16.1. The average Bonchev–Trinajstić information content (AvgIpc) is 3.40. The van der Waals surface area contributed by atoms with Crippen LogP contribution in [-0.2, 0) is 11.2 Å². The normalized spacial score (nSPS) is 16.3. The number of rotatable bonds is 6. The molecule has 0 fully saturated rings. The van der Waals surface area contributed by atoms with Gasteiger partial charge in [-0.25, -0.2) is 0 Å². The van der Waals surface area contributed by atoms with Crippen molar-refractivity contribution < 1.29 is 14.3 Å². The molecule has 0 radical (unpaired) electrons. The van der Waals surface area contributed by atoms with Gasteiger partial charge in [0.2, 0.25) is 5.91 Å². The first-order chi connectivity index (χ1) is 14.1. The van der Waals surface area contributed by atoms with Crippen molar-refractivity contribution in [3.63, 3.8) is 0 Å². The molecule has 0 bridgehead atoms. The van der Waals surface area contributed by atoms with Gasteiger partial charge in [-0.2, -0.15) is 0 Å². The van der Waals surface area contributed by atoms with Crippen LogP contribution in [0, 0.1) is 0 Å².